The first-order valence-corrected chi connectivity index (χ1v) is 10.9. The fourth-order valence-electron chi connectivity index (χ4n) is 3.18. The molecule has 0 aliphatic carbocycles. The standard InChI is InChI=1S/C20H27BrN4S.HI/c1-2-22-20(23-14-18-8-9-19(21)26-18)24-17-10-12-25(13-11-17)15-16-6-4-3-5-7-16;/h3-9,17H,2,10-15H2,1H3,(H2,22,23,24);1H. The second-order valence-corrected chi connectivity index (χ2v) is 9.13. The summed E-state index contributed by atoms with van der Waals surface area (Å²) in [7, 11) is 0. The Labute approximate surface area is 192 Å². The molecule has 1 aliphatic heterocycles. The average molecular weight is 563 g/mol. The zero-order valence-corrected chi connectivity index (χ0v) is 20.4. The topological polar surface area (TPSA) is 39.7 Å². The molecule has 7 heteroatoms. The molecule has 3 rings (SSSR count). The van der Waals surface area contributed by atoms with Crippen molar-refractivity contribution in [3.63, 3.8) is 0 Å². The van der Waals surface area contributed by atoms with Gasteiger partial charge in [0.2, 0.25) is 0 Å². The zero-order chi connectivity index (χ0) is 18.2. The van der Waals surface area contributed by atoms with Crippen LogP contribution in [0.15, 0.2) is 51.2 Å². The summed E-state index contributed by atoms with van der Waals surface area (Å²) in [6, 6.07) is 15.4. The van der Waals surface area contributed by atoms with E-state index in [1.807, 2.05) is 0 Å². The van der Waals surface area contributed by atoms with E-state index >= 15 is 0 Å². The van der Waals surface area contributed by atoms with Gasteiger partial charge < -0.3 is 10.6 Å². The molecule has 0 unspecified atom stereocenters. The van der Waals surface area contributed by atoms with Gasteiger partial charge in [0.25, 0.3) is 0 Å². The van der Waals surface area contributed by atoms with Gasteiger partial charge in [-0.05, 0) is 53.4 Å². The molecule has 1 aliphatic rings. The van der Waals surface area contributed by atoms with E-state index in [1.165, 1.54) is 10.4 Å². The second kappa shape index (κ2) is 12.0. The SMILES string of the molecule is CCNC(=NCc1ccc(Br)s1)NC1CCN(Cc2ccccc2)CC1.I. The van der Waals surface area contributed by atoms with Crippen LogP contribution in [0.5, 0.6) is 0 Å². The summed E-state index contributed by atoms with van der Waals surface area (Å²) in [5.74, 6) is 0.929. The molecular weight excluding hydrogens is 535 g/mol. The number of thiophene rings is 1. The molecule has 1 saturated heterocycles. The minimum absolute atomic E-state index is 0. The molecule has 0 atom stereocenters. The van der Waals surface area contributed by atoms with Crippen molar-refractivity contribution in [2.75, 3.05) is 19.6 Å². The lowest BCUT2D eigenvalue weighted by atomic mass is 10.0. The van der Waals surface area contributed by atoms with Crippen LogP contribution in [-0.4, -0.2) is 36.5 Å². The third-order valence-corrected chi connectivity index (χ3v) is 6.15. The number of nitrogens with zero attached hydrogens (tertiary/aromatic N) is 2. The summed E-state index contributed by atoms with van der Waals surface area (Å²) in [5, 5.41) is 7.00. The van der Waals surface area contributed by atoms with E-state index in [0.717, 1.165) is 55.3 Å². The van der Waals surface area contributed by atoms with Crippen LogP contribution < -0.4 is 10.6 Å². The highest BCUT2D eigenvalue weighted by Crippen LogP contribution is 2.22. The molecule has 4 nitrogen and oxygen atoms in total. The third-order valence-electron chi connectivity index (χ3n) is 4.54. The Kier molecular flexibility index (Phi) is 10.1. The van der Waals surface area contributed by atoms with E-state index in [9.17, 15) is 0 Å². The van der Waals surface area contributed by atoms with Gasteiger partial charge in [-0.1, -0.05) is 30.3 Å². The van der Waals surface area contributed by atoms with Crippen molar-refractivity contribution in [1.82, 2.24) is 15.5 Å². The highest BCUT2D eigenvalue weighted by atomic mass is 127. The van der Waals surface area contributed by atoms with Crippen LogP contribution in [-0.2, 0) is 13.1 Å². The number of halogens is 2. The largest absolute Gasteiger partial charge is 0.357 e. The maximum atomic E-state index is 4.75. The van der Waals surface area contributed by atoms with E-state index < -0.39 is 0 Å². The molecule has 0 amide bonds. The van der Waals surface area contributed by atoms with E-state index in [0.29, 0.717) is 6.04 Å². The Morgan fingerprint density at radius 3 is 2.56 bits per heavy atom. The highest BCUT2D eigenvalue weighted by molar-refractivity contribution is 14.0. The lowest BCUT2D eigenvalue weighted by molar-refractivity contribution is 0.198. The fraction of sp³-hybridized carbons (Fsp3) is 0.450. The zero-order valence-electron chi connectivity index (χ0n) is 15.7. The van der Waals surface area contributed by atoms with Crippen LogP contribution in [0.25, 0.3) is 0 Å². The first-order valence-electron chi connectivity index (χ1n) is 9.28. The first kappa shape index (κ1) is 22.6. The average Bonchev–Trinajstić information content (AvgIpc) is 3.08. The number of hydrogen-bond donors (Lipinski definition) is 2. The quantitative estimate of drug-likeness (QED) is 0.300. The number of likely N-dealkylation sites (tertiary alicyclic amines) is 1. The van der Waals surface area contributed by atoms with Gasteiger partial charge in [0.05, 0.1) is 10.3 Å². The van der Waals surface area contributed by atoms with Crippen LogP contribution in [0.2, 0.25) is 0 Å². The normalized spacial score (nSPS) is 16.0. The maximum absolute atomic E-state index is 4.75. The molecule has 2 heterocycles. The second-order valence-electron chi connectivity index (χ2n) is 6.58. The Hall–Kier alpha value is -0.640. The summed E-state index contributed by atoms with van der Waals surface area (Å²) in [4.78, 5) is 8.56. The minimum atomic E-state index is 0. The van der Waals surface area contributed by atoms with Crippen LogP contribution >= 0.6 is 51.2 Å². The van der Waals surface area contributed by atoms with Crippen molar-refractivity contribution >= 4 is 57.2 Å². The predicted molar refractivity (Wildman–Crippen MR) is 130 cm³/mol. The van der Waals surface area contributed by atoms with Crippen LogP contribution in [0.4, 0.5) is 0 Å². The van der Waals surface area contributed by atoms with Crippen LogP contribution in [0.1, 0.15) is 30.2 Å². The molecule has 0 bridgehead atoms. The van der Waals surface area contributed by atoms with Gasteiger partial charge in [-0.3, -0.25) is 4.90 Å². The molecule has 0 spiro atoms. The number of piperidine rings is 1. The Morgan fingerprint density at radius 2 is 1.93 bits per heavy atom. The summed E-state index contributed by atoms with van der Waals surface area (Å²) < 4.78 is 1.16. The first-order chi connectivity index (χ1) is 12.7. The number of benzene rings is 1. The summed E-state index contributed by atoms with van der Waals surface area (Å²) in [6.07, 6.45) is 2.31. The molecule has 27 heavy (non-hydrogen) atoms. The smallest absolute Gasteiger partial charge is 0.191 e. The number of nitrogens with one attached hydrogen (secondary N) is 2. The number of aliphatic imine (C=N–C) groups is 1. The predicted octanol–water partition coefficient (Wildman–Crippen LogP) is 4.85. The van der Waals surface area contributed by atoms with Crippen molar-refractivity contribution < 1.29 is 0 Å². The van der Waals surface area contributed by atoms with E-state index in [4.69, 9.17) is 4.99 Å². The minimum Gasteiger partial charge on any atom is -0.357 e. The summed E-state index contributed by atoms with van der Waals surface area (Å²) in [6.45, 7) is 7.02. The van der Waals surface area contributed by atoms with Gasteiger partial charge in [-0.25, -0.2) is 4.99 Å². The Bertz CT molecular complexity index is 699. The lowest BCUT2D eigenvalue weighted by Gasteiger charge is -2.33. The summed E-state index contributed by atoms with van der Waals surface area (Å²) >= 11 is 5.26. The Morgan fingerprint density at radius 1 is 1.19 bits per heavy atom. The van der Waals surface area contributed by atoms with E-state index in [1.54, 1.807) is 11.3 Å². The Balaban J connectivity index is 0.00000261. The fourth-order valence-corrected chi connectivity index (χ4v) is 4.59. The number of hydrogen-bond acceptors (Lipinski definition) is 3. The van der Waals surface area contributed by atoms with Crippen molar-refractivity contribution in [3.8, 4) is 0 Å². The van der Waals surface area contributed by atoms with Gasteiger partial charge in [0, 0.05) is 37.1 Å². The van der Waals surface area contributed by atoms with Crippen molar-refractivity contribution in [1.29, 1.82) is 0 Å². The number of rotatable bonds is 6. The van der Waals surface area contributed by atoms with E-state index in [2.05, 4.69) is 80.9 Å². The highest BCUT2D eigenvalue weighted by Gasteiger charge is 2.20. The monoisotopic (exact) mass is 562 g/mol. The van der Waals surface area contributed by atoms with Crippen molar-refractivity contribution in [2.45, 2.75) is 38.9 Å². The molecule has 0 radical (unpaired) electrons. The molecule has 148 valence electrons. The van der Waals surface area contributed by atoms with Crippen LogP contribution in [0.3, 0.4) is 0 Å². The molecule has 0 saturated carbocycles. The summed E-state index contributed by atoms with van der Waals surface area (Å²) in [5.41, 5.74) is 1.40. The molecule has 2 aromatic rings. The number of guanidine groups is 1. The molecule has 1 fully saturated rings. The molecule has 1 aromatic heterocycles. The van der Waals surface area contributed by atoms with Gasteiger partial charge >= 0.3 is 0 Å². The van der Waals surface area contributed by atoms with Crippen LogP contribution in [0, 0.1) is 0 Å². The van der Waals surface area contributed by atoms with Gasteiger partial charge in [0.15, 0.2) is 5.96 Å². The molecule has 1 aromatic carbocycles. The van der Waals surface area contributed by atoms with Gasteiger partial charge in [-0.2, -0.15) is 0 Å². The maximum Gasteiger partial charge on any atom is 0.191 e. The molecular formula is C20H28BrIN4S. The van der Waals surface area contributed by atoms with Crippen molar-refractivity contribution in [2.24, 2.45) is 4.99 Å². The molecule has 2 N–H and O–H groups in total. The van der Waals surface area contributed by atoms with Gasteiger partial charge in [0.1, 0.15) is 0 Å². The van der Waals surface area contributed by atoms with Gasteiger partial charge in [-0.15, -0.1) is 35.3 Å². The van der Waals surface area contributed by atoms with Crippen molar-refractivity contribution in [3.05, 3.63) is 56.7 Å². The third kappa shape index (κ3) is 7.71. The lowest BCUT2D eigenvalue weighted by Crippen LogP contribution is -2.48. The van der Waals surface area contributed by atoms with E-state index in [-0.39, 0.29) is 24.0 Å².